The van der Waals surface area contributed by atoms with Gasteiger partial charge in [0.05, 0.1) is 24.4 Å². The van der Waals surface area contributed by atoms with E-state index < -0.39 is 5.97 Å². The monoisotopic (exact) mass is 415 g/mol. The molecule has 0 saturated carbocycles. The molecule has 0 unspecified atom stereocenters. The molecule has 9 heteroatoms. The average Bonchev–Trinajstić information content (AvgIpc) is 3.19. The fourth-order valence-corrected chi connectivity index (χ4v) is 3.14. The van der Waals surface area contributed by atoms with Crippen molar-refractivity contribution >= 4 is 39.8 Å². The summed E-state index contributed by atoms with van der Waals surface area (Å²) >= 11 is 0. The number of hydrogen-bond acceptors (Lipinski definition) is 8. The smallest absolute Gasteiger partial charge is 0.327 e. The predicted molar refractivity (Wildman–Crippen MR) is 118 cm³/mol. The Bertz CT molecular complexity index is 1290. The highest BCUT2D eigenvalue weighted by atomic mass is 16.5. The van der Waals surface area contributed by atoms with Gasteiger partial charge >= 0.3 is 5.97 Å². The number of ether oxygens (including phenoxy) is 1. The molecule has 1 aromatic carbocycles. The van der Waals surface area contributed by atoms with Crippen LogP contribution >= 0.6 is 0 Å². The van der Waals surface area contributed by atoms with Gasteiger partial charge < -0.3 is 10.5 Å². The molecule has 3 aromatic heterocycles. The zero-order valence-corrected chi connectivity index (χ0v) is 17.0. The molecule has 0 aliphatic carbocycles. The van der Waals surface area contributed by atoms with Crippen molar-refractivity contribution in [1.29, 1.82) is 0 Å². The van der Waals surface area contributed by atoms with E-state index in [-0.39, 0.29) is 6.54 Å². The number of fused-ring (bicyclic) bond motifs is 2. The van der Waals surface area contributed by atoms with Crippen molar-refractivity contribution in [2.45, 2.75) is 13.5 Å². The van der Waals surface area contributed by atoms with Crippen molar-refractivity contribution in [3.63, 3.8) is 0 Å². The lowest BCUT2D eigenvalue weighted by Crippen LogP contribution is -2.08. The first-order chi connectivity index (χ1) is 15.2. The summed E-state index contributed by atoms with van der Waals surface area (Å²) in [5.74, 6) is -0.397. The lowest BCUT2D eigenvalue weighted by molar-refractivity contribution is -0.141. The lowest BCUT2D eigenvalue weighted by atomic mass is 10.1. The molecular formula is C22H21N7O2. The number of nitrogens with two attached hydrogens (primary N) is 1. The van der Waals surface area contributed by atoms with Crippen LogP contribution in [0.1, 0.15) is 18.2 Å². The van der Waals surface area contributed by atoms with E-state index in [0.717, 1.165) is 16.5 Å². The summed E-state index contributed by atoms with van der Waals surface area (Å²) < 4.78 is 6.60. The summed E-state index contributed by atoms with van der Waals surface area (Å²) in [5, 5.41) is 9.51. The third-order valence-electron chi connectivity index (χ3n) is 4.59. The van der Waals surface area contributed by atoms with Crippen LogP contribution in [0.2, 0.25) is 0 Å². The summed E-state index contributed by atoms with van der Waals surface area (Å²) in [6.45, 7) is 2.50. The van der Waals surface area contributed by atoms with Gasteiger partial charge in [-0.05, 0) is 42.8 Å². The highest BCUT2D eigenvalue weighted by Gasteiger charge is 2.10. The fourth-order valence-electron chi connectivity index (χ4n) is 3.14. The molecule has 0 aliphatic heterocycles. The standard InChI is InChI=1S/C22H21N7O2/c1-2-31-21(30)13-24-12-17(11-23)19-7-8-20-22(26-19)29(28-27-20)14-15-5-6-18-16(10-15)4-3-9-25-18/h3-12H,2,13-14,23H2,1H3. The molecule has 156 valence electrons. The first kappa shape index (κ1) is 20.1. The predicted octanol–water partition coefficient (Wildman–Crippen LogP) is 2.36. The lowest BCUT2D eigenvalue weighted by Gasteiger charge is -2.05. The molecule has 9 nitrogen and oxygen atoms in total. The Labute approximate surface area is 178 Å². The number of allylic oxidation sites excluding steroid dienone is 1. The van der Waals surface area contributed by atoms with E-state index >= 15 is 0 Å². The van der Waals surface area contributed by atoms with Crippen LogP contribution in [-0.4, -0.2) is 50.3 Å². The van der Waals surface area contributed by atoms with Crippen molar-refractivity contribution in [2.75, 3.05) is 13.2 Å². The Kier molecular flexibility index (Phi) is 5.93. The van der Waals surface area contributed by atoms with Gasteiger partial charge in [0.15, 0.2) is 5.65 Å². The van der Waals surface area contributed by atoms with E-state index in [1.807, 2.05) is 30.3 Å². The van der Waals surface area contributed by atoms with Crippen molar-refractivity contribution in [1.82, 2.24) is 25.0 Å². The fraction of sp³-hybridized carbons (Fsp3) is 0.182. The van der Waals surface area contributed by atoms with Crippen LogP contribution in [0, 0.1) is 0 Å². The molecule has 4 aromatic rings. The molecule has 0 spiro atoms. The number of pyridine rings is 2. The molecule has 0 radical (unpaired) electrons. The first-order valence-corrected chi connectivity index (χ1v) is 9.79. The molecule has 0 amide bonds. The number of esters is 1. The minimum atomic E-state index is -0.397. The van der Waals surface area contributed by atoms with Gasteiger partial charge in [0.25, 0.3) is 0 Å². The maximum Gasteiger partial charge on any atom is 0.327 e. The van der Waals surface area contributed by atoms with Gasteiger partial charge in [0.1, 0.15) is 12.1 Å². The first-order valence-electron chi connectivity index (χ1n) is 9.79. The minimum absolute atomic E-state index is 0.0796. The largest absolute Gasteiger partial charge is 0.465 e. The Hall–Kier alpha value is -4.14. The van der Waals surface area contributed by atoms with Gasteiger partial charge in [0.2, 0.25) is 0 Å². The summed E-state index contributed by atoms with van der Waals surface area (Å²) in [5.41, 5.74) is 10.2. The summed E-state index contributed by atoms with van der Waals surface area (Å²) in [6, 6.07) is 13.6. The maximum atomic E-state index is 11.5. The van der Waals surface area contributed by atoms with Crippen LogP contribution in [-0.2, 0) is 16.1 Å². The molecular weight excluding hydrogens is 394 g/mol. The maximum absolute atomic E-state index is 11.5. The van der Waals surface area contributed by atoms with Crippen LogP contribution in [0.15, 0.2) is 59.9 Å². The second kappa shape index (κ2) is 9.12. The quantitative estimate of drug-likeness (QED) is 0.363. The van der Waals surface area contributed by atoms with Crippen molar-refractivity contribution < 1.29 is 9.53 Å². The van der Waals surface area contributed by atoms with Gasteiger partial charge in [-0.3, -0.25) is 14.8 Å². The zero-order valence-electron chi connectivity index (χ0n) is 17.0. The highest BCUT2D eigenvalue weighted by Crippen LogP contribution is 2.18. The summed E-state index contributed by atoms with van der Waals surface area (Å²) in [4.78, 5) is 24.6. The number of aliphatic imine (C=N–C) groups is 1. The SMILES string of the molecule is CCOC(=O)CN=CC(=CN)c1ccc2nnn(Cc3ccc4ncccc4c3)c2n1. The van der Waals surface area contributed by atoms with E-state index in [2.05, 4.69) is 31.3 Å². The Balaban J connectivity index is 1.59. The van der Waals surface area contributed by atoms with Crippen molar-refractivity contribution in [2.24, 2.45) is 10.7 Å². The number of aromatic nitrogens is 5. The molecule has 2 N–H and O–H groups in total. The second-order valence-corrected chi connectivity index (χ2v) is 6.71. The van der Waals surface area contributed by atoms with E-state index in [9.17, 15) is 4.79 Å². The summed E-state index contributed by atoms with van der Waals surface area (Å²) in [6.07, 6.45) is 4.68. The van der Waals surface area contributed by atoms with Crippen molar-refractivity contribution in [3.8, 4) is 0 Å². The Morgan fingerprint density at radius 2 is 2.10 bits per heavy atom. The third-order valence-corrected chi connectivity index (χ3v) is 4.59. The Morgan fingerprint density at radius 1 is 1.23 bits per heavy atom. The van der Waals surface area contributed by atoms with E-state index in [0.29, 0.717) is 35.6 Å². The minimum Gasteiger partial charge on any atom is -0.465 e. The topological polar surface area (TPSA) is 121 Å². The van der Waals surface area contributed by atoms with E-state index in [4.69, 9.17) is 10.5 Å². The number of rotatable bonds is 7. The highest BCUT2D eigenvalue weighted by molar-refractivity contribution is 6.09. The van der Waals surface area contributed by atoms with Crippen LogP contribution in [0.25, 0.3) is 27.6 Å². The number of benzene rings is 1. The van der Waals surface area contributed by atoms with Gasteiger partial charge in [-0.2, -0.15) is 0 Å². The number of carbonyl (C=O) groups is 1. The van der Waals surface area contributed by atoms with Gasteiger partial charge in [-0.1, -0.05) is 17.3 Å². The summed E-state index contributed by atoms with van der Waals surface area (Å²) in [7, 11) is 0. The molecule has 0 bridgehead atoms. The molecule has 0 aliphatic rings. The van der Waals surface area contributed by atoms with Crippen LogP contribution in [0.4, 0.5) is 0 Å². The number of hydrogen-bond donors (Lipinski definition) is 1. The second-order valence-electron chi connectivity index (χ2n) is 6.71. The number of nitrogens with zero attached hydrogens (tertiary/aromatic N) is 6. The number of carbonyl (C=O) groups excluding carboxylic acids is 1. The molecule has 31 heavy (non-hydrogen) atoms. The van der Waals surface area contributed by atoms with E-state index in [1.54, 1.807) is 23.9 Å². The van der Waals surface area contributed by atoms with Crippen molar-refractivity contribution in [3.05, 3.63) is 66.1 Å². The third kappa shape index (κ3) is 4.55. The molecule has 0 atom stereocenters. The van der Waals surface area contributed by atoms with Gasteiger partial charge in [-0.15, -0.1) is 5.10 Å². The van der Waals surface area contributed by atoms with Crippen LogP contribution in [0.3, 0.4) is 0 Å². The average molecular weight is 415 g/mol. The zero-order chi connectivity index (χ0) is 21.6. The molecule has 0 fully saturated rings. The van der Waals surface area contributed by atoms with Crippen LogP contribution < -0.4 is 5.73 Å². The molecule has 0 saturated heterocycles. The van der Waals surface area contributed by atoms with Gasteiger partial charge in [-0.25, -0.2) is 9.67 Å². The Morgan fingerprint density at radius 3 is 2.94 bits per heavy atom. The molecule has 3 heterocycles. The molecule has 4 rings (SSSR count). The van der Waals surface area contributed by atoms with E-state index in [1.165, 1.54) is 12.4 Å². The van der Waals surface area contributed by atoms with Crippen LogP contribution in [0.5, 0.6) is 0 Å². The van der Waals surface area contributed by atoms with Gasteiger partial charge in [0, 0.05) is 29.6 Å². The normalized spacial score (nSPS) is 12.1.